The van der Waals surface area contributed by atoms with Gasteiger partial charge in [-0.05, 0) is 56.2 Å². The van der Waals surface area contributed by atoms with Gasteiger partial charge in [-0.15, -0.1) is 0 Å². The molecule has 5 rings (SSSR count). The van der Waals surface area contributed by atoms with Crippen LogP contribution in [0.5, 0.6) is 5.75 Å². The van der Waals surface area contributed by atoms with E-state index in [9.17, 15) is 14.0 Å². The Labute approximate surface area is 249 Å². The van der Waals surface area contributed by atoms with E-state index in [-0.39, 0.29) is 34.6 Å². The maximum absolute atomic E-state index is 14.0. The van der Waals surface area contributed by atoms with Crippen molar-refractivity contribution in [2.24, 2.45) is 4.99 Å². The quantitative estimate of drug-likeness (QED) is 0.236. The van der Waals surface area contributed by atoms with Gasteiger partial charge in [0.2, 0.25) is 0 Å². The highest BCUT2D eigenvalue weighted by atomic mass is 35.5. The SMILES string of the molecule is CCOC(=O)C1=C(C)N=c2s/c(=C/c3cc(Cl)c(OCc4ccccc4F)c(Cl)c3)c(=O)n2[C@@H]1c1ccc(C)cc1. The minimum atomic E-state index is -0.700. The summed E-state index contributed by atoms with van der Waals surface area (Å²) < 4.78 is 27.0. The van der Waals surface area contributed by atoms with Crippen molar-refractivity contribution in [3.05, 3.63) is 130 Å². The number of nitrogens with zero attached hydrogens (tertiary/aromatic N) is 2. The topological polar surface area (TPSA) is 69.9 Å². The first-order chi connectivity index (χ1) is 19.7. The molecule has 1 aliphatic heterocycles. The van der Waals surface area contributed by atoms with E-state index in [0.717, 1.165) is 11.1 Å². The summed E-state index contributed by atoms with van der Waals surface area (Å²) in [7, 11) is 0. The number of hydrogen-bond acceptors (Lipinski definition) is 6. The zero-order chi connectivity index (χ0) is 29.3. The van der Waals surface area contributed by atoms with Crippen LogP contribution in [0.3, 0.4) is 0 Å². The molecule has 0 saturated carbocycles. The van der Waals surface area contributed by atoms with Crippen LogP contribution in [0.4, 0.5) is 4.39 Å². The summed E-state index contributed by atoms with van der Waals surface area (Å²) in [5.74, 6) is -0.695. The second-order valence-electron chi connectivity index (χ2n) is 9.41. The molecule has 1 aliphatic rings. The molecule has 0 bridgehead atoms. The van der Waals surface area contributed by atoms with Gasteiger partial charge in [0.15, 0.2) is 10.6 Å². The number of halogens is 3. The molecule has 210 valence electrons. The van der Waals surface area contributed by atoms with Crippen molar-refractivity contribution in [2.75, 3.05) is 6.61 Å². The highest BCUT2D eigenvalue weighted by Gasteiger charge is 2.33. The van der Waals surface area contributed by atoms with Gasteiger partial charge in [-0.1, -0.05) is 82.6 Å². The predicted molar refractivity (Wildman–Crippen MR) is 159 cm³/mol. The fourth-order valence-corrected chi connectivity index (χ4v) is 6.23. The Balaban J connectivity index is 1.56. The Morgan fingerprint density at radius 1 is 1.10 bits per heavy atom. The van der Waals surface area contributed by atoms with Gasteiger partial charge in [-0.25, -0.2) is 14.2 Å². The van der Waals surface area contributed by atoms with Crippen LogP contribution in [0.1, 0.15) is 42.1 Å². The Kier molecular flexibility index (Phi) is 8.45. The van der Waals surface area contributed by atoms with Gasteiger partial charge in [0.25, 0.3) is 5.56 Å². The third-order valence-electron chi connectivity index (χ3n) is 6.56. The predicted octanol–water partition coefficient (Wildman–Crippen LogP) is 6.13. The van der Waals surface area contributed by atoms with Crippen LogP contribution >= 0.6 is 34.5 Å². The Hall–Kier alpha value is -3.72. The number of thiazole rings is 1. The molecular weight excluding hydrogens is 586 g/mol. The molecule has 1 atom stereocenters. The number of carbonyl (C=O) groups is 1. The third-order valence-corrected chi connectivity index (χ3v) is 8.10. The van der Waals surface area contributed by atoms with Gasteiger partial charge in [0, 0.05) is 5.56 Å². The Bertz CT molecular complexity index is 1840. The second-order valence-corrected chi connectivity index (χ2v) is 11.2. The third kappa shape index (κ3) is 5.86. The first kappa shape index (κ1) is 28.8. The molecule has 41 heavy (non-hydrogen) atoms. The highest BCUT2D eigenvalue weighted by molar-refractivity contribution is 7.07. The number of benzene rings is 3. The van der Waals surface area contributed by atoms with Gasteiger partial charge < -0.3 is 9.47 Å². The first-order valence-electron chi connectivity index (χ1n) is 12.8. The molecule has 1 aromatic heterocycles. The molecule has 0 unspecified atom stereocenters. The molecule has 0 aliphatic carbocycles. The summed E-state index contributed by atoms with van der Waals surface area (Å²) in [6.07, 6.45) is 1.66. The van der Waals surface area contributed by atoms with Gasteiger partial charge in [0.05, 0.1) is 38.5 Å². The minimum Gasteiger partial charge on any atom is -0.486 e. The lowest BCUT2D eigenvalue weighted by Crippen LogP contribution is -2.39. The van der Waals surface area contributed by atoms with Crippen LogP contribution in [0.15, 0.2) is 81.7 Å². The van der Waals surface area contributed by atoms with E-state index in [1.807, 2.05) is 31.2 Å². The number of carbonyl (C=O) groups excluding carboxylic acids is 1. The number of aryl methyl sites for hydroxylation is 1. The van der Waals surface area contributed by atoms with Crippen molar-refractivity contribution < 1.29 is 18.7 Å². The summed E-state index contributed by atoms with van der Waals surface area (Å²) in [5, 5.41) is 0.427. The molecule has 0 spiro atoms. The van der Waals surface area contributed by atoms with Crippen molar-refractivity contribution in [3.63, 3.8) is 0 Å². The molecule has 0 fully saturated rings. The van der Waals surface area contributed by atoms with E-state index in [1.54, 1.807) is 50.3 Å². The van der Waals surface area contributed by atoms with Crippen molar-refractivity contribution in [1.29, 1.82) is 0 Å². The fourth-order valence-electron chi connectivity index (χ4n) is 4.57. The highest BCUT2D eigenvalue weighted by Crippen LogP contribution is 2.35. The van der Waals surface area contributed by atoms with Crippen molar-refractivity contribution in [2.45, 2.75) is 33.4 Å². The molecule has 6 nitrogen and oxygen atoms in total. The molecule has 0 N–H and O–H groups in total. The van der Waals surface area contributed by atoms with E-state index in [2.05, 4.69) is 4.99 Å². The lowest BCUT2D eigenvalue weighted by molar-refractivity contribution is -0.139. The smallest absolute Gasteiger partial charge is 0.338 e. The summed E-state index contributed by atoms with van der Waals surface area (Å²) in [5.41, 5.74) is 3.24. The Morgan fingerprint density at radius 3 is 2.44 bits per heavy atom. The minimum absolute atomic E-state index is 0.0504. The fraction of sp³-hybridized carbons (Fsp3) is 0.194. The summed E-state index contributed by atoms with van der Waals surface area (Å²) >= 11 is 14.2. The zero-order valence-electron chi connectivity index (χ0n) is 22.4. The van der Waals surface area contributed by atoms with Crippen LogP contribution in [0.25, 0.3) is 6.08 Å². The standard InChI is InChI=1S/C31H25Cl2FN2O4S/c1-4-39-30(38)26-18(3)35-31-36(27(26)20-11-9-17(2)10-12-20)29(37)25(41-31)15-19-13-22(32)28(23(33)14-19)40-16-21-7-5-6-8-24(21)34/h5-15,27H,4,16H2,1-3H3/b25-15+/t27-/m1/s1. The summed E-state index contributed by atoms with van der Waals surface area (Å²) in [4.78, 5) is 31.9. The number of esters is 1. The zero-order valence-corrected chi connectivity index (χ0v) is 24.7. The van der Waals surface area contributed by atoms with Crippen LogP contribution in [-0.4, -0.2) is 17.1 Å². The second kappa shape index (κ2) is 12.0. The molecule has 4 aromatic rings. The van der Waals surface area contributed by atoms with Gasteiger partial charge in [0.1, 0.15) is 12.4 Å². The molecule has 0 saturated heterocycles. The number of fused-ring (bicyclic) bond motifs is 1. The van der Waals surface area contributed by atoms with Crippen molar-refractivity contribution in [3.8, 4) is 5.75 Å². The molecule has 0 amide bonds. The first-order valence-corrected chi connectivity index (χ1v) is 14.4. The molecular formula is C31H25Cl2FN2O4S. The number of rotatable bonds is 7. The van der Waals surface area contributed by atoms with Crippen LogP contribution in [0.2, 0.25) is 10.0 Å². The van der Waals surface area contributed by atoms with E-state index in [1.165, 1.54) is 22.0 Å². The average Bonchev–Trinajstić information content (AvgIpc) is 3.23. The van der Waals surface area contributed by atoms with Crippen molar-refractivity contribution >= 4 is 46.6 Å². The summed E-state index contributed by atoms with van der Waals surface area (Å²) in [6, 6.07) is 16.5. The lowest BCUT2D eigenvalue weighted by Gasteiger charge is -2.24. The van der Waals surface area contributed by atoms with Crippen LogP contribution in [0, 0.1) is 12.7 Å². The normalized spacial score (nSPS) is 15.0. The number of aromatic nitrogens is 1. The molecule has 3 aromatic carbocycles. The molecule has 2 heterocycles. The number of ether oxygens (including phenoxy) is 2. The molecule has 10 heteroatoms. The van der Waals surface area contributed by atoms with Gasteiger partial charge in [-0.2, -0.15) is 0 Å². The van der Waals surface area contributed by atoms with Crippen LogP contribution in [-0.2, 0) is 16.1 Å². The van der Waals surface area contributed by atoms with Gasteiger partial charge in [-0.3, -0.25) is 9.36 Å². The van der Waals surface area contributed by atoms with E-state index < -0.39 is 17.8 Å². The Morgan fingerprint density at radius 2 is 1.78 bits per heavy atom. The molecule has 0 radical (unpaired) electrons. The lowest BCUT2D eigenvalue weighted by atomic mass is 9.95. The summed E-state index contributed by atoms with van der Waals surface area (Å²) in [6.45, 7) is 5.59. The maximum Gasteiger partial charge on any atom is 0.338 e. The number of hydrogen-bond donors (Lipinski definition) is 0. The van der Waals surface area contributed by atoms with Crippen LogP contribution < -0.4 is 19.6 Å². The van der Waals surface area contributed by atoms with E-state index in [4.69, 9.17) is 32.7 Å². The largest absolute Gasteiger partial charge is 0.486 e. The van der Waals surface area contributed by atoms with Crippen molar-refractivity contribution in [1.82, 2.24) is 4.57 Å². The monoisotopic (exact) mass is 610 g/mol. The van der Waals surface area contributed by atoms with E-state index >= 15 is 0 Å². The van der Waals surface area contributed by atoms with Gasteiger partial charge >= 0.3 is 5.97 Å². The average molecular weight is 612 g/mol. The van der Waals surface area contributed by atoms with E-state index in [0.29, 0.717) is 31.7 Å². The maximum atomic E-state index is 14.0. The number of allylic oxidation sites excluding steroid dienone is 1.